The average molecular weight is 348 g/mol. The van der Waals surface area contributed by atoms with E-state index in [4.69, 9.17) is 4.74 Å². The summed E-state index contributed by atoms with van der Waals surface area (Å²) in [7, 11) is 3.18. The molecule has 1 aliphatic heterocycles. The van der Waals surface area contributed by atoms with E-state index in [1.807, 2.05) is 12.1 Å². The maximum absolute atomic E-state index is 11.5. The Balaban J connectivity index is 1.65. The fourth-order valence-corrected chi connectivity index (χ4v) is 2.89. The van der Waals surface area contributed by atoms with Crippen LogP contribution in [0.1, 0.15) is 24.8 Å². The maximum atomic E-state index is 11.5. The number of piperidine rings is 1. The van der Waals surface area contributed by atoms with Crippen LogP contribution in [0.5, 0.6) is 5.75 Å². The predicted octanol–water partition coefficient (Wildman–Crippen LogP) is 1.72. The van der Waals surface area contributed by atoms with Crippen LogP contribution in [0.3, 0.4) is 0 Å². The quantitative estimate of drug-likeness (QED) is 0.428. The van der Waals surface area contributed by atoms with Crippen molar-refractivity contribution in [2.75, 3.05) is 33.8 Å². The second-order valence-corrected chi connectivity index (χ2v) is 6.14. The molecule has 0 aromatic heterocycles. The lowest BCUT2D eigenvalue weighted by Gasteiger charge is -2.32. The summed E-state index contributed by atoms with van der Waals surface area (Å²) in [6.07, 6.45) is 3.43. The van der Waals surface area contributed by atoms with Gasteiger partial charge in [0, 0.05) is 32.7 Å². The molecule has 2 rings (SSSR count). The van der Waals surface area contributed by atoms with Crippen LogP contribution in [0.2, 0.25) is 0 Å². The Bertz CT molecular complexity index is 566. The molecule has 0 atom stereocenters. The van der Waals surface area contributed by atoms with Gasteiger partial charge in [0.2, 0.25) is 0 Å². The molecule has 3 N–H and O–H groups in total. The van der Waals surface area contributed by atoms with Crippen molar-refractivity contribution in [2.45, 2.75) is 31.7 Å². The van der Waals surface area contributed by atoms with E-state index in [1.54, 1.807) is 24.1 Å². The van der Waals surface area contributed by atoms with E-state index in [2.05, 4.69) is 15.6 Å². The van der Waals surface area contributed by atoms with Crippen LogP contribution in [0.15, 0.2) is 29.3 Å². The molecule has 0 unspecified atom stereocenters. The van der Waals surface area contributed by atoms with Crippen molar-refractivity contribution >= 4 is 12.1 Å². The van der Waals surface area contributed by atoms with E-state index in [0.717, 1.165) is 38.2 Å². The number of carbonyl (C=O) groups excluding carboxylic acids is 1. The first-order valence-electron chi connectivity index (χ1n) is 8.70. The number of aliphatic imine (C=N–C) groups is 1. The number of ether oxygens (including phenoxy) is 1. The number of aryl methyl sites for hydroxylation is 1. The molecule has 1 heterocycles. The summed E-state index contributed by atoms with van der Waals surface area (Å²) in [5, 5.41) is 16.0. The van der Waals surface area contributed by atoms with Gasteiger partial charge in [-0.05, 0) is 43.4 Å². The van der Waals surface area contributed by atoms with Gasteiger partial charge in [-0.25, -0.2) is 4.79 Å². The molecule has 1 aromatic rings. The van der Waals surface area contributed by atoms with Crippen molar-refractivity contribution in [3.8, 4) is 5.75 Å². The highest BCUT2D eigenvalue weighted by molar-refractivity contribution is 5.80. The molecule has 0 saturated carbocycles. The van der Waals surface area contributed by atoms with E-state index in [-0.39, 0.29) is 6.09 Å². The molecule has 0 aliphatic carbocycles. The van der Waals surface area contributed by atoms with E-state index in [0.29, 0.717) is 24.9 Å². The normalized spacial score (nSPS) is 15.8. The Morgan fingerprint density at radius 3 is 2.60 bits per heavy atom. The molecule has 1 amide bonds. The molecular weight excluding hydrogens is 320 g/mol. The standard InChI is InChI=1S/C18H28N4O3/c1-19-17(20-11-3-4-14-5-7-16(23)8-6-14)21-15-9-12-22(13-10-15)18(24)25-2/h5-8,15,23H,3-4,9-13H2,1-2H3,(H2,19,20,21). The summed E-state index contributed by atoms with van der Waals surface area (Å²) in [5.41, 5.74) is 1.21. The minimum absolute atomic E-state index is 0.254. The zero-order valence-electron chi connectivity index (χ0n) is 15.0. The number of aromatic hydroxyl groups is 1. The summed E-state index contributed by atoms with van der Waals surface area (Å²) in [6, 6.07) is 7.62. The third kappa shape index (κ3) is 6.17. The minimum atomic E-state index is -0.254. The van der Waals surface area contributed by atoms with Gasteiger partial charge in [-0.2, -0.15) is 0 Å². The fourth-order valence-electron chi connectivity index (χ4n) is 2.89. The van der Waals surface area contributed by atoms with Crippen LogP contribution >= 0.6 is 0 Å². The van der Waals surface area contributed by atoms with Gasteiger partial charge in [-0.15, -0.1) is 0 Å². The summed E-state index contributed by atoms with van der Waals surface area (Å²) >= 11 is 0. The van der Waals surface area contributed by atoms with E-state index >= 15 is 0 Å². The lowest BCUT2D eigenvalue weighted by Crippen LogP contribution is -2.49. The lowest BCUT2D eigenvalue weighted by molar-refractivity contribution is 0.111. The van der Waals surface area contributed by atoms with Crippen molar-refractivity contribution in [3.05, 3.63) is 29.8 Å². The van der Waals surface area contributed by atoms with Crippen LogP contribution < -0.4 is 10.6 Å². The molecule has 1 saturated heterocycles. The smallest absolute Gasteiger partial charge is 0.409 e. The van der Waals surface area contributed by atoms with Crippen LogP contribution in [-0.4, -0.2) is 61.9 Å². The van der Waals surface area contributed by atoms with Crippen LogP contribution in [0.4, 0.5) is 4.79 Å². The highest BCUT2D eigenvalue weighted by atomic mass is 16.5. The molecule has 7 nitrogen and oxygen atoms in total. The summed E-state index contributed by atoms with van der Waals surface area (Å²) < 4.78 is 4.75. The van der Waals surface area contributed by atoms with E-state index < -0.39 is 0 Å². The van der Waals surface area contributed by atoms with Gasteiger partial charge in [0.25, 0.3) is 0 Å². The topological polar surface area (TPSA) is 86.2 Å². The molecule has 25 heavy (non-hydrogen) atoms. The zero-order chi connectivity index (χ0) is 18.1. The first-order valence-corrected chi connectivity index (χ1v) is 8.70. The lowest BCUT2D eigenvalue weighted by atomic mass is 10.1. The van der Waals surface area contributed by atoms with Gasteiger partial charge >= 0.3 is 6.09 Å². The summed E-state index contributed by atoms with van der Waals surface area (Å²) in [4.78, 5) is 17.5. The molecular formula is C18H28N4O3. The Labute approximate surface area is 149 Å². The molecule has 0 spiro atoms. The van der Waals surface area contributed by atoms with Crippen molar-refractivity contribution in [1.29, 1.82) is 0 Å². The number of benzene rings is 1. The van der Waals surface area contributed by atoms with Crippen molar-refractivity contribution < 1.29 is 14.6 Å². The van der Waals surface area contributed by atoms with Crippen LogP contribution in [0.25, 0.3) is 0 Å². The zero-order valence-corrected chi connectivity index (χ0v) is 15.0. The average Bonchev–Trinajstić information content (AvgIpc) is 2.65. The molecule has 1 fully saturated rings. The van der Waals surface area contributed by atoms with Gasteiger partial charge in [0.15, 0.2) is 5.96 Å². The highest BCUT2D eigenvalue weighted by Gasteiger charge is 2.23. The number of hydrogen-bond donors (Lipinski definition) is 3. The number of phenols is 1. The molecule has 0 radical (unpaired) electrons. The number of hydrogen-bond acceptors (Lipinski definition) is 4. The Morgan fingerprint density at radius 2 is 2.00 bits per heavy atom. The van der Waals surface area contributed by atoms with E-state index in [9.17, 15) is 9.90 Å². The first-order chi connectivity index (χ1) is 12.1. The summed E-state index contributed by atoms with van der Waals surface area (Å²) in [5.74, 6) is 1.09. The Hall–Kier alpha value is -2.44. The first kappa shape index (κ1) is 18.9. The molecule has 1 aliphatic rings. The monoisotopic (exact) mass is 348 g/mol. The third-order valence-corrected chi connectivity index (χ3v) is 4.36. The highest BCUT2D eigenvalue weighted by Crippen LogP contribution is 2.12. The summed E-state index contributed by atoms with van der Waals surface area (Å²) in [6.45, 7) is 2.21. The van der Waals surface area contributed by atoms with Gasteiger partial charge in [-0.1, -0.05) is 12.1 Å². The number of guanidine groups is 1. The number of rotatable bonds is 5. The minimum Gasteiger partial charge on any atom is -0.508 e. The fraction of sp³-hybridized carbons (Fsp3) is 0.556. The van der Waals surface area contributed by atoms with Crippen LogP contribution in [0, 0.1) is 0 Å². The second kappa shape index (κ2) is 9.76. The largest absolute Gasteiger partial charge is 0.508 e. The Kier molecular flexibility index (Phi) is 7.37. The van der Waals surface area contributed by atoms with Crippen molar-refractivity contribution in [3.63, 3.8) is 0 Å². The third-order valence-electron chi connectivity index (χ3n) is 4.36. The number of amides is 1. The molecule has 138 valence electrons. The van der Waals surface area contributed by atoms with Crippen LogP contribution in [-0.2, 0) is 11.2 Å². The second-order valence-electron chi connectivity index (χ2n) is 6.14. The van der Waals surface area contributed by atoms with Crippen molar-refractivity contribution in [1.82, 2.24) is 15.5 Å². The van der Waals surface area contributed by atoms with Gasteiger partial charge < -0.3 is 25.4 Å². The van der Waals surface area contributed by atoms with Gasteiger partial charge in [0.1, 0.15) is 5.75 Å². The number of phenolic OH excluding ortho intramolecular Hbond substituents is 1. The SMILES string of the molecule is CN=C(NCCCc1ccc(O)cc1)NC1CCN(C(=O)OC)CC1. The molecule has 0 bridgehead atoms. The predicted molar refractivity (Wildman–Crippen MR) is 97.9 cm³/mol. The van der Waals surface area contributed by atoms with E-state index in [1.165, 1.54) is 12.7 Å². The number of likely N-dealkylation sites (tertiary alicyclic amines) is 1. The molecule has 7 heteroatoms. The number of methoxy groups -OCH3 is 1. The van der Waals surface area contributed by atoms with Crippen molar-refractivity contribution in [2.24, 2.45) is 4.99 Å². The number of nitrogens with zero attached hydrogens (tertiary/aromatic N) is 2. The number of nitrogens with one attached hydrogen (secondary N) is 2. The number of carbonyl (C=O) groups is 1. The maximum Gasteiger partial charge on any atom is 0.409 e. The van der Waals surface area contributed by atoms with Gasteiger partial charge in [0.05, 0.1) is 7.11 Å². The van der Waals surface area contributed by atoms with Gasteiger partial charge in [-0.3, -0.25) is 4.99 Å². The molecule has 1 aromatic carbocycles. The Morgan fingerprint density at radius 1 is 1.32 bits per heavy atom.